The normalized spacial score (nSPS) is 28.6. The highest BCUT2D eigenvalue weighted by atomic mass is 32.2. The first-order valence-electron chi connectivity index (χ1n) is 8.02. The topological polar surface area (TPSA) is 57.7 Å². The minimum Gasteiger partial charge on any atom is -0.337 e. The van der Waals surface area contributed by atoms with Gasteiger partial charge in [0.2, 0.25) is 0 Å². The molecule has 2 aromatic rings. The summed E-state index contributed by atoms with van der Waals surface area (Å²) in [5.74, 6) is 0.173. The van der Waals surface area contributed by atoms with Gasteiger partial charge in [0.1, 0.15) is 0 Å². The van der Waals surface area contributed by atoms with Crippen molar-refractivity contribution in [2.24, 2.45) is 5.92 Å². The van der Waals surface area contributed by atoms with Gasteiger partial charge in [-0.2, -0.15) is 0 Å². The molecule has 0 aliphatic carbocycles. The average molecular weight is 364 g/mol. The van der Waals surface area contributed by atoms with Crippen LogP contribution in [0.3, 0.4) is 0 Å². The van der Waals surface area contributed by atoms with Crippen LogP contribution in [0.15, 0.2) is 29.6 Å². The van der Waals surface area contributed by atoms with Gasteiger partial charge in [0.05, 0.1) is 16.6 Å². The van der Waals surface area contributed by atoms with Crippen molar-refractivity contribution in [3.8, 4) is 0 Å². The van der Waals surface area contributed by atoms with E-state index in [1.54, 1.807) is 16.2 Å². The first-order valence-corrected chi connectivity index (χ1v) is 10.6. The fourth-order valence-corrected chi connectivity index (χ4v) is 7.46. The van der Waals surface area contributed by atoms with Crippen LogP contribution in [-0.2, 0) is 9.84 Å². The Labute approximate surface area is 145 Å². The van der Waals surface area contributed by atoms with Gasteiger partial charge in [-0.05, 0) is 20.2 Å². The third-order valence-electron chi connectivity index (χ3n) is 5.33. The van der Waals surface area contributed by atoms with E-state index in [0.717, 1.165) is 10.1 Å². The second-order valence-corrected chi connectivity index (χ2v) is 10.1. The van der Waals surface area contributed by atoms with Crippen LogP contribution < -0.4 is 0 Å². The van der Waals surface area contributed by atoms with Gasteiger partial charge in [0.25, 0.3) is 5.91 Å². The SMILES string of the molecule is CN(C)[C@H]1CS(=O)(=O)[C@H]2CN(C(=O)c3csc4ccccc34)C[C@@H]12. The average Bonchev–Trinajstić information content (AvgIpc) is 3.21. The monoisotopic (exact) mass is 364 g/mol. The van der Waals surface area contributed by atoms with E-state index in [2.05, 4.69) is 0 Å². The van der Waals surface area contributed by atoms with Crippen molar-refractivity contribution in [3.63, 3.8) is 0 Å². The van der Waals surface area contributed by atoms with Crippen molar-refractivity contribution in [2.75, 3.05) is 32.9 Å². The van der Waals surface area contributed by atoms with Gasteiger partial charge >= 0.3 is 0 Å². The summed E-state index contributed by atoms with van der Waals surface area (Å²) < 4.78 is 26.0. The molecule has 1 aromatic heterocycles. The van der Waals surface area contributed by atoms with Crippen LogP contribution in [0, 0.1) is 5.92 Å². The van der Waals surface area contributed by atoms with Gasteiger partial charge in [-0.15, -0.1) is 11.3 Å². The summed E-state index contributed by atoms with van der Waals surface area (Å²) in [4.78, 5) is 16.7. The molecule has 0 spiro atoms. The Balaban J connectivity index is 1.64. The molecule has 24 heavy (non-hydrogen) atoms. The highest BCUT2D eigenvalue weighted by Gasteiger charge is 2.53. The molecular formula is C17H20N2O3S2. The second kappa shape index (κ2) is 5.54. The van der Waals surface area contributed by atoms with Crippen LogP contribution in [0.4, 0.5) is 0 Å². The Morgan fingerprint density at radius 3 is 2.75 bits per heavy atom. The number of rotatable bonds is 2. The van der Waals surface area contributed by atoms with E-state index in [1.165, 1.54) is 0 Å². The zero-order valence-electron chi connectivity index (χ0n) is 13.7. The lowest BCUT2D eigenvalue weighted by Gasteiger charge is -2.25. The lowest BCUT2D eigenvalue weighted by atomic mass is 10.00. The van der Waals surface area contributed by atoms with E-state index >= 15 is 0 Å². The lowest BCUT2D eigenvalue weighted by Crippen LogP contribution is -2.38. The summed E-state index contributed by atoms with van der Waals surface area (Å²) in [6, 6.07) is 7.84. The largest absolute Gasteiger partial charge is 0.337 e. The van der Waals surface area contributed by atoms with Crippen LogP contribution in [-0.4, -0.2) is 68.4 Å². The Hall–Kier alpha value is -1.44. The van der Waals surface area contributed by atoms with Crippen molar-refractivity contribution in [1.82, 2.24) is 9.80 Å². The van der Waals surface area contributed by atoms with E-state index in [9.17, 15) is 13.2 Å². The molecule has 0 bridgehead atoms. The van der Waals surface area contributed by atoms with Crippen LogP contribution in [0.25, 0.3) is 10.1 Å². The minimum absolute atomic E-state index is 0.00276. The molecule has 3 heterocycles. The summed E-state index contributed by atoms with van der Waals surface area (Å²) in [5, 5.41) is 2.43. The van der Waals surface area contributed by atoms with Crippen LogP contribution in [0.1, 0.15) is 10.4 Å². The fraction of sp³-hybridized carbons (Fsp3) is 0.471. The molecule has 2 aliphatic heterocycles. The van der Waals surface area contributed by atoms with Crippen molar-refractivity contribution < 1.29 is 13.2 Å². The first kappa shape index (κ1) is 16.1. The van der Waals surface area contributed by atoms with Crippen molar-refractivity contribution in [1.29, 1.82) is 0 Å². The zero-order valence-corrected chi connectivity index (χ0v) is 15.3. The maximum atomic E-state index is 13.0. The third-order valence-corrected chi connectivity index (χ3v) is 8.52. The van der Waals surface area contributed by atoms with Crippen molar-refractivity contribution in [3.05, 3.63) is 35.2 Å². The molecule has 0 unspecified atom stereocenters. The molecule has 1 amide bonds. The number of nitrogens with zero attached hydrogens (tertiary/aromatic N) is 2. The zero-order chi connectivity index (χ0) is 17.1. The van der Waals surface area contributed by atoms with Gasteiger partial charge in [0.15, 0.2) is 9.84 Å². The summed E-state index contributed by atoms with van der Waals surface area (Å²) in [7, 11) is 0.703. The van der Waals surface area contributed by atoms with Crippen LogP contribution >= 0.6 is 11.3 Å². The molecule has 1 aromatic carbocycles. The number of carbonyl (C=O) groups excluding carboxylic acids is 1. The number of carbonyl (C=O) groups is 1. The molecule has 4 rings (SSSR count). The number of thiophene rings is 1. The van der Waals surface area contributed by atoms with E-state index in [4.69, 9.17) is 0 Å². The number of hydrogen-bond acceptors (Lipinski definition) is 5. The lowest BCUT2D eigenvalue weighted by molar-refractivity contribution is 0.0782. The van der Waals surface area contributed by atoms with E-state index in [-0.39, 0.29) is 23.6 Å². The highest BCUT2D eigenvalue weighted by Crippen LogP contribution is 2.37. The molecule has 0 N–H and O–H groups in total. The molecule has 0 saturated carbocycles. The summed E-state index contributed by atoms with van der Waals surface area (Å²) in [5.41, 5.74) is 0.689. The van der Waals surface area contributed by atoms with E-state index < -0.39 is 15.1 Å². The quantitative estimate of drug-likeness (QED) is 0.814. The minimum atomic E-state index is -3.13. The Kier molecular flexibility index (Phi) is 3.71. The Morgan fingerprint density at radius 2 is 2.00 bits per heavy atom. The number of hydrogen-bond donors (Lipinski definition) is 0. The predicted molar refractivity (Wildman–Crippen MR) is 96.3 cm³/mol. The molecule has 5 nitrogen and oxygen atoms in total. The second-order valence-electron chi connectivity index (χ2n) is 6.92. The number of amides is 1. The van der Waals surface area contributed by atoms with Gasteiger partial charge in [-0.1, -0.05) is 18.2 Å². The van der Waals surface area contributed by atoms with E-state index in [0.29, 0.717) is 18.7 Å². The highest BCUT2D eigenvalue weighted by molar-refractivity contribution is 7.92. The molecule has 2 fully saturated rings. The molecule has 128 valence electrons. The van der Waals surface area contributed by atoms with E-state index in [1.807, 2.05) is 48.6 Å². The predicted octanol–water partition coefficient (Wildman–Crippen LogP) is 1.70. The summed E-state index contributed by atoms with van der Waals surface area (Å²) in [6.07, 6.45) is 0. The number of sulfone groups is 1. The molecule has 0 radical (unpaired) electrons. The Bertz CT molecular complexity index is 903. The third kappa shape index (κ3) is 2.37. The maximum Gasteiger partial charge on any atom is 0.255 e. The molecule has 7 heteroatoms. The van der Waals surface area contributed by atoms with Crippen molar-refractivity contribution >= 4 is 37.2 Å². The number of likely N-dealkylation sites (tertiary alicyclic amines) is 1. The molecule has 2 aliphatic rings. The molecule has 3 atom stereocenters. The number of benzene rings is 1. The van der Waals surface area contributed by atoms with Gasteiger partial charge in [-0.3, -0.25) is 4.79 Å². The number of fused-ring (bicyclic) bond motifs is 2. The smallest absolute Gasteiger partial charge is 0.255 e. The Morgan fingerprint density at radius 1 is 1.25 bits per heavy atom. The van der Waals surface area contributed by atoms with Gasteiger partial charge < -0.3 is 9.80 Å². The molecular weight excluding hydrogens is 344 g/mol. The van der Waals surface area contributed by atoms with Crippen molar-refractivity contribution in [2.45, 2.75) is 11.3 Å². The van der Waals surface area contributed by atoms with Crippen LogP contribution in [0.5, 0.6) is 0 Å². The maximum absolute atomic E-state index is 13.0. The molecule has 2 saturated heterocycles. The van der Waals surface area contributed by atoms with Gasteiger partial charge in [0, 0.05) is 40.5 Å². The summed E-state index contributed by atoms with van der Waals surface area (Å²) in [6.45, 7) is 0.843. The van der Waals surface area contributed by atoms with Gasteiger partial charge in [-0.25, -0.2) is 8.42 Å². The first-order chi connectivity index (χ1) is 11.4. The fourth-order valence-electron chi connectivity index (χ4n) is 4.05. The summed E-state index contributed by atoms with van der Waals surface area (Å²) >= 11 is 1.55. The van der Waals surface area contributed by atoms with Crippen LogP contribution in [0.2, 0.25) is 0 Å². The standard InChI is InChI=1S/C17H20N2O3S2/c1-18(2)14-10-24(21,22)16-8-19(7-12(14)16)17(20)13-9-23-15-6-4-3-5-11(13)15/h3-6,9,12,14,16H,7-8,10H2,1-2H3/t12-,14-,16-/m0/s1.